The average Bonchev–Trinajstić information content (AvgIpc) is 3.56. The van der Waals surface area contributed by atoms with E-state index in [2.05, 4.69) is 44.0 Å². The first-order valence-corrected chi connectivity index (χ1v) is 14.0. The van der Waals surface area contributed by atoms with Gasteiger partial charge in [0, 0.05) is 31.3 Å². The second-order valence-corrected chi connectivity index (χ2v) is 10.7. The van der Waals surface area contributed by atoms with Crippen LogP contribution in [-0.2, 0) is 29.7 Å². The molecule has 0 saturated carbocycles. The van der Waals surface area contributed by atoms with Crippen LogP contribution in [0, 0.1) is 0 Å². The third-order valence-electron chi connectivity index (χ3n) is 5.81. The van der Waals surface area contributed by atoms with Crippen LogP contribution in [0.2, 0.25) is 0 Å². The van der Waals surface area contributed by atoms with Crippen LogP contribution in [0.4, 0.5) is 0 Å². The Kier molecular flexibility index (Phi) is 10.9. The Morgan fingerprint density at radius 2 is 1.46 bits per heavy atom. The zero-order valence-corrected chi connectivity index (χ0v) is 21.7. The molecule has 3 N–H and O–H groups in total. The number of sulfonamides is 1. The Morgan fingerprint density at radius 3 is 1.97 bits per heavy atom. The average molecular weight is 502 g/mol. The minimum Gasteiger partial charge on any atom is -0.347 e. The summed E-state index contributed by atoms with van der Waals surface area (Å²) in [5, 5.41) is 3.48. The summed E-state index contributed by atoms with van der Waals surface area (Å²) < 4.78 is 28.2. The molecule has 0 fully saturated rings. The summed E-state index contributed by atoms with van der Waals surface area (Å²) in [6.45, 7) is 9.91. The summed E-state index contributed by atoms with van der Waals surface area (Å²) in [7, 11) is -3.73. The molecule has 0 saturated heterocycles. The molecule has 2 heterocycles. The van der Waals surface area contributed by atoms with Crippen LogP contribution in [0.3, 0.4) is 0 Å². The first kappa shape index (κ1) is 27.1. The Balaban J connectivity index is 1.52. The number of nitrogens with zero attached hydrogens (tertiary/aromatic N) is 4. The van der Waals surface area contributed by atoms with Crippen molar-refractivity contribution in [2.75, 3.05) is 26.2 Å². The molecule has 0 amide bonds. The summed E-state index contributed by atoms with van der Waals surface area (Å²) in [6, 6.07) is 7.11. The van der Waals surface area contributed by atoms with Crippen molar-refractivity contribution in [3.8, 4) is 0 Å². The summed E-state index contributed by atoms with van der Waals surface area (Å²) in [4.78, 5) is 17.1. The number of nitrogens with one attached hydrogen (secondary N) is 3. The fourth-order valence-corrected chi connectivity index (χ4v) is 5.41. The Hall–Kier alpha value is -2.53. The van der Waals surface area contributed by atoms with Gasteiger partial charge in [0.15, 0.2) is 0 Å². The van der Waals surface area contributed by atoms with Crippen LogP contribution in [0.15, 0.2) is 53.9 Å². The predicted octanol–water partition coefficient (Wildman–Crippen LogP) is 3.52. The maximum Gasteiger partial charge on any atom is 0.243 e. The molecule has 192 valence electrons. The summed E-state index contributed by atoms with van der Waals surface area (Å²) in [5.41, 5.74) is 1.06. The largest absolute Gasteiger partial charge is 0.347 e. The molecular formula is C25H39N7O2S. The molecule has 0 aliphatic carbocycles. The molecule has 0 aliphatic heterocycles. The minimum absolute atomic E-state index is 0.132. The number of hydrogen-bond acceptors (Lipinski definition) is 6. The minimum atomic E-state index is -3.73. The van der Waals surface area contributed by atoms with Crippen molar-refractivity contribution in [2.24, 2.45) is 0 Å². The van der Waals surface area contributed by atoms with Crippen molar-refractivity contribution < 1.29 is 8.42 Å². The smallest absolute Gasteiger partial charge is 0.243 e. The van der Waals surface area contributed by atoms with E-state index < -0.39 is 10.0 Å². The molecule has 1 aromatic carbocycles. The highest BCUT2D eigenvalue weighted by Crippen LogP contribution is 2.20. The second kappa shape index (κ2) is 14.1. The van der Waals surface area contributed by atoms with Crippen LogP contribution in [-0.4, -0.2) is 63.7 Å². The van der Waals surface area contributed by atoms with Gasteiger partial charge in [0.05, 0.1) is 18.0 Å². The van der Waals surface area contributed by atoms with Gasteiger partial charge in [-0.3, -0.25) is 0 Å². The molecule has 10 heteroatoms. The normalized spacial score (nSPS) is 12.1. The third kappa shape index (κ3) is 8.57. The second-order valence-electron chi connectivity index (χ2n) is 8.71. The van der Waals surface area contributed by atoms with Gasteiger partial charge in [-0.15, -0.1) is 0 Å². The van der Waals surface area contributed by atoms with Crippen LogP contribution in [0.5, 0.6) is 0 Å². The molecule has 3 aromatic rings. The lowest BCUT2D eigenvalue weighted by Crippen LogP contribution is -2.31. The van der Waals surface area contributed by atoms with Crippen molar-refractivity contribution in [3.05, 3.63) is 66.3 Å². The van der Waals surface area contributed by atoms with E-state index in [0.29, 0.717) is 11.6 Å². The van der Waals surface area contributed by atoms with E-state index in [0.717, 1.165) is 31.6 Å². The highest BCUT2D eigenvalue weighted by Gasteiger charge is 2.26. The molecule has 0 unspecified atom stereocenters. The zero-order chi connectivity index (χ0) is 24.9. The number of rotatable bonds is 17. The maximum atomic E-state index is 13.4. The van der Waals surface area contributed by atoms with E-state index >= 15 is 0 Å². The summed E-state index contributed by atoms with van der Waals surface area (Å²) in [5.74, 6) is 1.15. The summed E-state index contributed by atoms with van der Waals surface area (Å²) in [6.07, 6.45) is 11.3. The zero-order valence-electron chi connectivity index (χ0n) is 20.9. The third-order valence-corrected chi connectivity index (χ3v) is 7.62. The molecular weight excluding hydrogens is 462 g/mol. The first-order valence-electron chi connectivity index (χ1n) is 12.5. The van der Waals surface area contributed by atoms with Gasteiger partial charge in [0.25, 0.3) is 0 Å². The van der Waals surface area contributed by atoms with Gasteiger partial charge < -0.3 is 20.2 Å². The van der Waals surface area contributed by atoms with E-state index in [9.17, 15) is 8.42 Å². The lowest BCUT2D eigenvalue weighted by Gasteiger charge is -2.21. The van der Waals surface area contributed by atoms with Crippen molar-refractivity contribution in [3.63, 3.8) is 0 Å². The lowest BCUT2D eigenvalue weighted by atomic mass is 10.2. The van der Waals surface area contributed by atoms with Gasteiger partial charge in [0.2, 0.25) is 10.0 Å². The SMILES string of the molecule is CCCN(CCC)CCCCNCc1ccc(S(=O)(=O)N(Cc2ncc[nH]2)Cc2ncc[nH]2)cc1. The summed E-state index contributed by atoms with van der Waals surface area (Å²) >= 11 is 0. The number of unbranched alkanes of at least 4 members (excludes halogenated alkanes) is 1. The first-order chi connectivity index (χ1) is 17.0. The van der Waals surface area contributed by atoms with Crippen molar-refractivity contribution in [1.82, 2.24) is 34.5 Å². The van der Waals surface area contributed by atoms with Gasteiger partial charge in [0.1, 0.15) is 11.6 Å². The van der Waals surface area contributed by atoms with Gasteiger partial charge in [-0.05, 0) is 69.6 Å². The van der Waals surface area contributed by atoms with Gasteiger partial charge in [-0.25, -0.2) is 18.4 Å². The van der Waals surface area contributed by atoms with Gasteiger partial charge >= 0.3 is 0 Å². The fourth-order valence-electron chi connectivity index (χ4n) is 4.04. The fraction of sp³-hybridized carbons (Fsp3) is 0.520. The molecule has 9 nitrogen and oxygen atoms in total. The molecule has 0 aliphatic rings. The molecule has 0 atom stereocenters. The maximum absolute atomic E-state index is 13.4. The van der Waals surface area contributed by atoms with E-state index in [1.54, 1.807) is 36.9 Å². The molecule has 35 heavy (non-hydrogen) atoms. The highest BCUT2D eigenvalue weighted by atomic mass is 32.2. The van der Waals surface area contributed by atoms with E-state index in [4.69, 9.17) is 0 Å². The van der Waals surface area contributed by atoms with Crippen LogP contribution >= 0.6 is 0 Å². The van der Waals surface area contributed by atoms with Crippen molar-refractivity contribution >= 4 is 10.0 Å². The van der Waals surface area contributed by atoms with E-state index in [1.165, 1.54) is 36.7 Å². The van der Waals surface area contributed by atoms with Gasteiger partial charge in [-0.2, -0.15) is 4.31 Å². The molecule has 0 spiro atoms. The quantitative estimate of drug-likeness (QED) is 0.244. The highest BCUT2D eigenvalue weighted by molar-refractivity contribution is 7.89. The lowest BCUT2D eigenvalue weighted by molar-refractivity contribution is 0.268. The Bertz CT molecular complexity index is 1010. The molecule has 0 bridgehead atoms. The molecule has 2 aromatic heterocycles. The van der Waals surface area contributed by atoms with E-state index in [1.807, 2.05) is 12.1 Å². The van der Waals surface area contributed by atoms with Crippen LogP contribution in [0.25, 0.3) is 0 Å². The molecule has 0 radical (unpaired) electrons. The van der Waals surface area contributed by atoms with E-state index in [-0.39, 0.29) is 18.0 Å². The van der Waals surface area contributed by atoms with Crippen LogP contribution in [0.1, 0.15) is 56.7 Å². The number of imidazole rings is 2. The van der Waals surface area contributed by atoms with Gasteiger partial charge in [-0.1, -0.05) is 26.0 Å². The Labute approximate surface area is 209 Å². The monoisotopic (exact) mass is 501 g/mol. The number of aromatic amines is 2. The number of benzene rings is 1. The number of aromatic nitrogens is 4. The topological polar surface area (TPSA) is 110 Å². The number of hydrogen-bond donors (Lipinski definition) is 3. The van der Waals surface area contributed by atoms with Crippen molar-refractivity contribution in [1.29, 1.82) is 0 Å². The molecule has 3 rings (SSSR count). The predicted molar refractivity (Wildman–Crippen MR) is 138 cm³/mol. The van der Waals surface area contributed by atoms with Crippen molar-refractivity contribution in [2.45, 2.75) is 64.1 Å². The number of H-pyrrole nitrogens is 2. The Morgan fingerprint density at radius 1 is 0.857 bits per heavy atom. The van der Waals surface area contributed by atoms with Crippen LogP contribution < -0.4 is 5.32 Å². The standard InChI is InChI=1S/C25H39N7O2S/c1-3-16-31(17-4-2)18-6-5-11-26-19-22-7-9-23(10-8-22)35(33,34)32(20-24-27-12-13-28-24)21-25-29-14-15-30-25/h7-10,12-15,26H,3-6,11,16-21H2,1-2H3,(H,27,28)(H,29,30).